The fraction of sp³-hybridized carbons (Fsp3) is 0.286. The summed E-state index contributed by atoms with van der Waals surface area (Å²) >= 11 is 0. The van der Waals surface area contributed by atoms with Crippen molar-refractivity contribution in [2.24, 2.45) is 7.05 Å². The Bertz CT molecular complexity index is 973. The lowest BCUT2D eigenvalue weighted by Crippen LogP contribution is -2.34. The van der Waals surface area contributed by atoms with Gasteiger partial charge in [0, 0.05) is 61.3 Å². The van der Waals surface area contributed by atoms with Gasteiger partial charge in [-0.15, -0.1) is 0 Å². The molecule has 0 saturated heterocycles. The molecule has 3 heterocycles. The summed E-state index contributed by atoms with van der Waals surface area (Å²) in [7, 11) is 1.96. The van der Waals surface area contributed by atoms with E-state index in [4.69, 9.17) is 0 Å². The molecular formula is C21H23N5O. The number of rotatable bonds is 3. The number of anilines is 2. The van der Waals surface area contributed by atoms with Gasteiger partial charge in [0.15, 0.2) is 5.82 Å². The van der Waals surface area contributed by atoms with Crippen molar-refractivity contribution in [1.82, 2.24) is 19.7 Å². The minimum atomic E-state index is 0.103. The number of aromatic nitrogens is 3. The van der Waals surface area contributed by atoms with E-state index in [0.717, 1.165) is 46.9 Å². The molecule has 1 amide bonds. The molecule has 6 heteroatoms. The van der Waals surface area contributed by atoms with Crippen LogP contribution in [-0.4, -0.2) is 32.1 Å². The van der Waals surface area contributed by atoms with E-state index in [-0.39, 0.29) is 5.91 Å². The summed E-state index contributed by atoms with van der Waals surface area (Å²) in [5.41, 5.74) is 6.50. The summed E-state index contributed by atoms with van der Waals surface area (Å²) in [6.45, 7) is 4.96. The first-order chi connectivity index (χ1) is 13.0. The number of pyridine rings is 1. The van der Waals surface area contributed by atoms with Crippen LogP contribution in [0.25, 0.3) is 11.1 Å². The number of hydrogen-bond acceptors (Lipinski definition) is 4. The molecule has 0 aliphatic carbocycles. The summed E-state index contributed by atoms with van der Waals surface area (Å²) in [4.78, 5) is 18.0. The molecule has 0 bridgehead atoms. The van der Waals surface area contributed by atoms with E-state index >= 15 is 0 Å². The number of amides is 1. The lowest BCUT2D eigenvalue weighted by Gasteiger charge is -2.26. The van der Waals surface area contributed by atoms with Gasteiger partial charge in [-0.3, -0.25) is 14.5 Å². The normalized spacial score (nSPS) is 13.4. The Morgan fingerprint density at radius 2 is 1.85 bits per heavy atom. The Morgan fingerprint density at radius 3 is 2.52 bits per heavy atom. The molecule has 1 aromatic carbocycles. The van der Waals surface area contributed by atoms with Crippen LogP contribution in [0.4, 0.5) is 11.5 Å². The Kier molecular flexibility index (Phi) is 4.39. The molecule has 0 atom stereocenters. The van der Waals surface area contributed by atoms with Crippen LogP contribution in [0, 0.1) is 6.92 Å². The Hall–Kier alpha value is -3.15. The second-order valence-corrected chi connectivity index (χ2v) is 6.98. The SMILES string of the molecule is CC(=O)N1CCc2c(c(Nc3ccc(-c4ccc(C)nc4)cc3)nn2C)C1. The van der Waals surface area contributed by atoms with Crippen molar-refractivity contribution < 1.29 is 4.79 Å². The van der Waals surface area contributed by atoms with E-state index in [1.807, 2.05) is 47.9 Å². The van der Waals surface area contributed by atoms with Crippen LogP contribution in [-0.2, 0) is 24.8 Å². The summed E-state index contributed by atoms with van der Waals surface area (Å²) in [6, 6.07) is 12.3. The molecule has 0 saturated carbocycles. The van der Waals surface area contributed by atoms with Crippen LogP contribution in [0.5, 0.6) is 0 Å². The highest BCUT2D eigenvalue weighted by Gasteiger charge is 2.25. The number of benzene rings is 1. The van der Waals surface area contributed by atoms with Gasteiger partial charge >= 0.3 is 0 Å². The number of carbonyl (C=O) groups is 1. The van der Waals surface area contributed by atoms with E-state index < -0.39 is 0 Å². The van der Waals surface area contributed by atoms with Crippen molar-refractivity contribution in [3.8, 4) is 11.1 Å². The molecule has 1 N–H and O–H groups in total. The number of hydrogen-bond donors (Lipinski definition) is 1. The topological polar surface area (TPSA) is 63.1 Å². The van der Waals surface area contributed by atoms with Gasteiger partial charge in [-0.05, 0) is 30.7 Å². The molecule has 1 aliphatic heterocycles. The minimum absolute atomic E-state index is 0.103. The van der Waals surface area contributed by atoms with Crippen molar-refractivity contribution in [3.63, 3.8) is 0 Å². The van der Waals surface area contributed by atoms with Gasteiger partial charge in [0.05, 0.1) is 6.54 Å². The average molecular weight is 361 g/mol. The average Bonchev–Trinajstić information content (AvgIpc) is 2.98. The third-order valence-electron chi connectivity index (χ3n) is 5.08. The van der Waals surface area contributed by atoms with Gasteiger partial charge in [-0.2, -0.15) is 5.10 Å². The Morgan fingerprint density at radius 1 is 1.11 bits per heavy atom. The maximum absolute atomic E-state index is 11.8. The largest absolute Gasteiger partial charge is 0.338 e. The second-order valence-electron chi connectivity index (χ2n) is 6.98. The third kappa shape index (κ3) is 3.43. The van der Waals surface area contributed by atoms with Crippen LogP contribution >= 0.6 is 0 Å². The molecule has 6 nitrogen and oxygen atoms in total. The monoisotopic (exact) mass is 361 g/mol. The molecule has 0 unspecified atom stereocenters. The van der Waals surface area contributed by atoms with Gasteiger partial charge in [0.1, 0.15) is 0 Å². The van der Waals surface area contributed by atoms with E-state index in [9.17, 15) is 4.79 Å². The molecule has 0 radical (unpaired) electrons. The highest BCUT2D eigenvalue weighted by atomic mass is 16.2. The molecular weight excluding hydrogens is 338 g/mol. The minimum Gasteiger partial charge on any atom is -0.338 e. The molecule has 27 heavy (non-hydrogen) atoms. The van der Waals surface area contributed by atoms with E-state index in [1.165, 1.54) is 5.69 Å². The van der Waals surface area contributed by atoms with E-state index in [1.54, 1.807) is 6.92 Å². The molecule has 0 spiro atoms. The predicted octanol–water partition coefficient (Wildman–Crippen LogP) is 3.44. The first-order valence-electron chi connectivity index (χ1n) is 9.11. The van der Waals surface area contributed by atoms with Crippen LogP contribution < -0.4 is 5.32 Å². The maximum Gasteiger partial charge on any atom is 0.219 e. The number of nitrogens with zero attached hydrogens (tertiary/aromatic N) is 4. The molecule has 3 aromatic rings. The first-order valence-corrected chi connectivity index (χ1v) is 9.11. The van der Waals surface area contributed by atoms with Gasteiger partial charge in [0.25, 0.3) is 0 Å². The summed E-state index contributed by atoms with van der Waals surface area (Å²) < 4.78 is 1.92. The molecule has 0 fully saturated rings. The number of fused-ring (bicyclic) bond motifs is 1. The lowest BCUT2D eigenvalue weighted by atomic mass is 10.1. The Balaban J connectivity index is 1.56. The fourth-order valence-corrected chi connectivity index (χ4v) is 3.48. The first kappa shape index (κ1) is 17.3. The zero-order valence-corrected chi connectivity index (χ0v) is 15.9. The Labute approximate surface area is 158 Å². The summed E-state index contributed by atoms with van der Waals surface area (Å²) in [5.74, 6) is 0.926. The quantitative estimate of drug-likeness (QED) is 0.776. The molecule has 2 aromatic heterocycles. The smallest absolute Gasteiger partial charge is 0.219 e. The zero-order valence-electron chi connectivity index (χ0n) is 15.9. The van der Waals surface area contributed by atoms with E-state index in [2.05, 4.69) is 33.6 Å². The standard InChI is InChI=1S/C21H23N5O/c1-14-4-5-17(12-22-14)16-6-8-18(9-7-16)23-21-19-13-26(15(2)27)11-10-20(19)25(3)24-21/h4-9,12H,10-11,13H2,1-3H3,(H,23,24). The lowest BCUT2D eigenvalue weighted by molar-refractivity contribution is -0.129. The zero-order chi connectivity index (χ0) is 19.0. The molecule has 4 rings (SSSR count). The van der Waals surface area contributed by atoms with Gasteiger partial charge in [0.2, 0.25) is 5.91 Å². The number of aryl methyl sites for hydroxylation is 2. The summed E-state index contributed by atoms with van der Waals surface area (Å²) in [6.07, 6.45) is 2.72. The van der Waals surface area contributed by atoms with Crippen molar-refractivity contribution in [2.75, 3.05) is 11.9 Å². The van der Waals surface area contributed by atoms with Crippen molar-refractivity contribution in [3.05, 3.63) is 59.5 Å². The van der Waals surface area contributed by atoms with Crippen molar-refractivity contribution in [2.45, 2.75) is 26.8 Å². The van der Waals surface area contributed by atoms with Crippen molar-refractivity contribution in [1.29, 1.82) is 0 Å². The maximum atomic E-state index is 11.8. The predicted molar refractivity (Wildman–Crippen MR) is 106 cm³/mol. The molecule has 1 aliphatic rings. The van der Waals surface area contributed by atoms with Crippen LogP contribution in [0.3, 0.4) is 0 Å². The number of nitrogens with one attached hydrogen (secondary N) is 1. The van der Waals surface area contributed by atoms with Crippen LogP contribution in [0.1, 0.15) is 23.9 Å². The van der Waals surface area contributed by atoms with Gasteiger partial charge < -0.3 is 10.2 Å². The van der Waals surface area contributed by atoms with Gasteiger partial charge in [-0.1, -0.05) is 18.2 Å². The second kappa shape index (κ2) is 6.87. The van der Waals surface area contributed by atoms with Crippen LogP contribution in [0.2, 0.25) is 0 Å². The van der Waals surface area contributed by atoms with Crippen LogP contribution in [0.15, 0.2) is 42.6 Å². The third-order valence-corrected chi connectivity index (χ3v) is 5.08. The fourth-order valence-electron chi connectivity index (χ4n) is 3.48. The number of carbonyl (C=O) groups excluding carboxylic acids is 1. The van der Waals surface area contributed by atoms with E-state index in [0.29, 0.717) is 6.54 Å². The summed E-state index contributed by atoms with van der Waals surface area (Å²) in [5, 5.41) is 8.04. The van der Waals surface area contributed by atoms with Crippen molar-refractivity contribution >= 4 is 17.4 Å². The molecule has 138 valence electrons. The highest BCUT2D eigenvalue weighted by Crippen LogP contribution is 2.29. The van der Waals surface area contributed by atoms with Gasteiger partial charge in [-0.25, -0.2) is 0 Å². The highest BCUT2D eigenvalue weighted by molar-refractivity contribution is 5.74.